The maximum Gasteiger partial charge on any atom is 0.323 e. The van der Waals surface area contributed by atoms with Crippen molar-refractivity contribution < 1.29 is 23.4 Å². The number of methoxy groups -OCH3 is 1. The molecule has 0 atom stereocenters. The zero-order valence-corrected chi connectivity index (χ0v) is 16.5. The van der Waals surface area contributed by atoms with Crippen molar-refractivity contribution in [3.63, 3.8) is 0 Å². The van der Waals surface area contributed by atoms with E-state index in [1.165, 1.54) is 36.3 Å². The summed E-state index contributed by atoms with van der Waals surface area (Å²) in [5.41, 5.74) is 0.829. The number of nitrogens with zero attached hydrogens (tertiary/aromatic N) is 4. The highest BCUT2D eigenvalue weighted by molar-refractivity contribution is 7.98. The number of carboxylic acid groups (broad SMARTS) is 1. The van der Waals surface area contributed by atoms with E-state index in [9.17, 15) is 23.5 Å². The summed E-state index contributed by atoms with van der Waals surface area (Å²) in [4.78, 5) is 35.6. The Morgan fingerprint density at radius 1 is 1.20 bits per heavy atom. The minimum atomic E-state index is -1.12. The summed E-state index contributed by atoms with van der Waals surface area (Å²) in [5.74, 6) is -2.89. The van der Waals surface area contributed by atoms with Gasteiger partial charge in [0.15, 0.2) is 16.8 Å². The zero-order chi connectivity index (χ0) is 21.7. The predicted molar refractivity (Wildman–Crippen MR) is 103 cm³/mol. The minimum absolute atomic E-state index is 0.155. The smallest absolute Gasteiger partial charge is 0.323 e. The zero-order valence-electron chi connectivity index (χ0n) is 15.7. The summed E-state index contributed by atoms with van der Waals surface area (Å²) in [6.07, 6.45) is 4.57. The van der Waals surface area contributed by atoms with Gasteiger partial charge in [-0.1, -0.05) is 17.8 Å². The molecule has 2 aromatic heterocycles. The van der Waals surface area contributed by atoms with Gasteiger partial charge >= 0.3 is 12.0 Å². The van der Waals surface area contributed by atoms with Gasteiger partial charge in [0.25, 0.3) is 5.56 Å². The van der Waals surface area contributed by atoms with Crippen LogP contribution in [0.2, 0.25) is 0 Å². The predicted octanol–water partition coefficient (Wildman–Crippen LogP) is 2.29. The summed E-state index contributed by atoms with van der Waals surface area (Å²) < 4.78 is 32.7. The molecule has 11 heteroatoms. The average molecular weight is 434 g/mol. The van der Waals surface area contributed by atoms with Gasteiger partial charge in [-0.25, -0.2) is 18.7 Å². The maximum atomic E-state index is 13.4. The van der Waals surface area contributed by atoms with Crippen molar-refractivity contribution in [3.05, 3.63) is 75.5 Å². The topological polar surface area (TPSA) is 107 Å². The monoisotopic (exact) mass is 434 g/mol. The first-order chi connectivity index (χ1) is 14.4. The van der Waals surface area contributed by atoms with Gasteiger partial charge in [-0.3, -0.25) is 9.59 Å². The lowest BCUT2D eigenvalue weighted by molar-refractivity contribution is -0.137. The number of rotatable bonds is 8. The van der Waals surface area contributed by atoms with Crippen LogP contribution in [-0.4, -0.2) is 37.7 Å². The fourth-order valence-electron chi connectivity index (χ4n) is 2.55. The van der Waals surface area contributed by atoms with Gasteiger partial charge in [0.1, 0.15) is 6.54 Å². The highest BCUT2D eigenvalue weighted by atomic mass is 32.2. The fourth-order valence-corrected chi connectivity index (χ4v) is 3.46. The number of hydrogen-bond acceptors (Lipinski definition) is 7. The third kappa shape index (κ3) is 5.38. The number of aromatic nitrogens is 4. The Morgan fingerprint density at radius 3 is 2.57 bits per heavy atom. The minimum Gasteiger partial charge on any atom is -0.480 e. The molecule has 0 radical (unpaired) electrons. The quantitative estimate of drug-likeness (QED) is 0.425. The van der Waals surface area contributed by atoms with Crippen molar-refractivity contribution >= 4 is 17.7 Å². The van der Waals surface area contributed by atoms with Crippen molar-refractivity contribution in [1.29, 1.82) is 0 Å². The first-order valence-electron chi connectivity index (χ1n) is 8.59. The molecule has 0 amide bonds. The van der Waals surface area contributed by atoms with Gasteiger partial charge in [0.05, 0.1) is 7.11 Å². The Balaban J connectivity index is 1.85. The van der Waals surface area contributed by atoms with Gasteiger partial charge in [0.2, 0.25) is 0 Å². The largest absolute Gasteiger partial charge is 0.480 e. The van der Waals surface area contributed by atoms with E-state index in [4.69, 9.17) is 4.74 Å². The maximum absolute atomic E-state index is 13.4. The van der Waals surface area contributed by atoms with E-state index in [-0.39, 0.29) is 28.9 Å². The van der Waals surface area contributed by atoms with E-state index in [1.807, 2.05) is 0 Å². The first-order valence-corrected chi connectivity index (χ1v) is 9.58. The van der Waals surface area contributed by atoms with Crippen LogP contribution >= 0.6 is 11.8 Å². The van der Waals surface area contributed by atoms with Crippen LogP contribution in [0.3, 0.4) is 0 Å². The molecular weight excluding hydrogens is 418 g/mol. The second-order valence-corrected chi connectivity index (χ2v) is 7.11. The van der Waals surface area contributed by atoms with Crippen molar-refractivity contribution in [2.45, 2.75) is 23.9 Å². The molecule has 0 unspecified atom stereocenters. The number of benzene rings is 1. The molecule has 0 aliphatic heterocycles. The Labute approximate surface area is 173 Å². The van der Waals surface area contributed by atoms with Crippen LogP contribution in [0.5, 0.6) is 6.01 Å². The summed E-state index contributed by atoms with van der Waals surface area (Å²) >= 11 is 1.05. The summed E-state index contributed by atoms with van der Waals surface area (Å²) in [7, 11) is 1.43. The standard InChI is InChI=1S/C19H16F2N4O4S/c1-29-18-22-6-12(7-23-18)4-13-8-25(9-16(26)27)19(24-17(13)28)30-10-11-2-3-14(20)15(21)5-11/h2-3,5-8H,4,9-10H2,1H3,(H,26,27). The molecule has 1 aromatic carbocycles. The molecule has 3 rings (SSSR count). The highest BCUT2D eigenvalue weighted by Crippen LogP contribution is 2.22. The third-order valence-corrected chi connectivity index (χ3v) is 5.01. The van der Waals surface area contributed by atoms with Crippen molar-refractivity contribution in [2.24, 2.45) is 0 Å². The number of aliphatic carboxylic acids is 1. The van der Waals surface area contributed by atoms with Crippen LogP contribution in [-0.2, 0) is 23.5 Å². The molecule has 0 bridgehead atoms. The molecule has 2 heterocycles. The number of halogens is 2. The lowest BCUT2D eigenvalue weighted by Gasteiger charge is -2.12. The molecule has 0 spiro atoms. The van der Waals surface area contributed by atoms with Crippen molar-refractivity contribution in [2.75, 3.05) is 7.11 Å². The van der Waals surface area contributed by atoms with Gasteiger partial charge in [-0.05, 0) is 23.3 Å². The van der Waals surface area contributed by atoms with E-state index in [1.54, 1.807) is 0 Å². The van der Waals surface area contributed by atoms with Crippen molar-refractivity contribution in [3.8, 4) is 6.01 Å². The summed E-state index contributed by atoms with van der Waals surface area (Å²) in [5, 5.41) is 9.34. The number of carboxylic acids is 1. The molecule has 3 aromatic rings. The number of thioether (sulfide) groups is 1. The van der Waals surface area contributed by atoms with E-state index >= 15 is 0 Å². The molecule has 8 nitrogen and oxygen atoms in total. The van der Waals surface area contributed by atoms with Crippen LogP contribution in [0.1, 0.15) is 16.7 Å². The van der Waals surface area contributed by atoms with Crippen molar-refractivity contribution in [1.82, 2.24) is 19.5 Å². The summed E-state index contributed by atoms with van der Waals surface area (Å²) in [6, 6.07) is 3.63. The Morgan fingerprint density at radius 2 is 1.93 bits per heavy atom. The van der Waals surface area contributed by atoms with E-state index in [0.29, 0.717) is 11.1 Å². The van der Waals surface area contributed by atoms with Gasteiger partial charge in [0, 0.05) is 36.3 Å². The molecule has 0 saturated carbocycles. The molecular formula is C19H16F2N4O4S. The first kappa shape index (κ1) is 21.4. The van der Waals surface area contributed by atoms with E-state index in [2.05, 4.69) is 15.0 Å². The van der Waals surface area contributed by atoms with Crippen LogP contribution in [0.25, 0.3) is 0 Å². The van der Waals surface area contributed by atoms with Gasteiger partial charge < -0.3 is 14.4 Å². The van der Waals surface area contributed by atoms with Crippen LogP contribution < -0.4 is 10.3 Å². The Hall–Kier alpha value is -3.34. The van der Waals surface area contributed by atoms with E-state index < -0.39 is 29.7 Å². The Kier molecular flexibility index (Phi) is 6.72. The third-order valence-electron chi connectivity index (χ3n) is 3.95. The fraction of sp³-hybridized carbons (Fsp3) is 0.211. The van der Waals surface area contributed by atoms with Crippen LogP contribution in [0.4, 0.5) is 8.78 Å². The normalized spacial score (nSPS) is 10.8. The Bertz CT molecular complexity index is 1120. The highest BCUT2D eigenvalue weighted by Gasteiger charge is 2.13. The molecule has 30 heavy (non-hydrogen) atoms. The molecule has 0 fully saturated rings. The number of carbonyl (C=O) groups is 1. The SMILES string of the molecule is COc1ncc(Cc2cn(CC(=O)O)c(SCc3ccc(F)c(F)c3)nc2=O)cn1. The molecule has 0 saturated heterocycles. The van der Waals surface area contributed by atoms with Crippen LogP contribution in [0.15, 0.2) is 46.7 Å². The summed E-state index contributed by atoms with van der Waals surface area (Å²) in [6.45, 7) is -0.417. The van der Waals surface area contributed by atoms with Gasteiger partial charge in [-0.15, -0.1) is 0 Å². The second-order valence-electron chi connectivity index (χ2n) is 6.17. The second kappa shape index (κ2) is 9.44. The van der Waals surface area contributed by atoms with Gasteiger partial charge in [-0.2, -0.15) is 4.98 Å². The van der Waals surface area contributed by atoms with Crippen LogP contribution in [0, 0.1) is 11.6 Å². The lowest BCUT2D eigenvalue weighted by atomic mass is 10.1. The lowest BCUT2D eigenvalue weighted by Crippen LogP contribution is -2.22. The van der Waals surface area contributed by atoms with E-state index in [0.717, 1.165) is 23.9 Å². The number of ether oxygens (including phenoxy) is 1. The molecule has 0 aliphatic rings. The molecule has 1 N–H and O–H groups in total. The molecule has 0 aliphatic carbocycles. The molecule has 156 valence electrons. The number of hydrogen-bond donors (Lipinski definition) is 1. The average Bonchev–Trinajstić information content (AvgIpc) is 2.72.